The molecule has 1 saturated carbocycles. The topological polar surface area (TPSA) is 89.6 Å². The molecule has 0 heterocycles. The van der Waals surface area contributed by atoms with Gasteiger partial charge in [0.05, 0.1) is 0 Å². The monoisotopic (exact) mass is 235 g/mol. The number of primary amides is 1. The largest absolute Gasteiger partial charge is 0.478 e. The average molecular weight is 235 g/mol. The first-order valence-electron chi connectivity index (χ1n) is 5.37. The minimum absolute atomic E-state index is 0.100. The molecule has 5 nitrogen and oxygen atoms in total. The van der Waals surface area contributed by atoms with Gasteiger partial charge in [-0.2, -0.15) is 0 Å². The number of aliphatic carboxylic acids is 1. The molecule has 0 radical (unpaired) electrons. The smallest absolute Gasteiger partial charge is 0.345 e. The molecular weight excluding hydrogens is 222 g/mol. The van der Waals surface area contributed by atoms with Crippen molar-refractivity contribution in [3.63, 3.8) is 0 Å². The quantitative estimate of drug-likeness (QED) is 0.797. The normalized spacial score (nSPS) is 16.2. The van der Waals surface area contributed by atoms with Crippen LogP contribution in [0, 0.1) is 5.92 Å². The number of rotatable bonds is 5. The Morgan fingerprint density at radius 1 is 1.29 bits per heavy atom. The van der Waals surface area contributed by atoms with Crippen molar-refractivity contribution in [2.75, 3.05) is 0 Å². The summed E-state index contributed by atoms with van der Waals surface area (Å²) in [5, 5.41) is 8.99. The minimum atomic E-state index is -0.952. The lowest BCUT2D eigenvalue weighted by atomic mass is 10.2. The van der Waals surface area contributed by atoms with Gasteiger partial charge in [0.1, 0.15) is 5.75 Å². The van der Waals surface area contributed by atoms with Gasteiger partial charge in [0.25, 0.3) is 0 Å². The predicted octanol–water partition coefficient (Wildman–Crippen LogP) is 1.03. The molecule has 0 spiro atoms. The first-order chi connectivity index (χ1) is 8.08. The number of benzene rings is 1. The molecule has 1 aromatic rings. The molecule has 5 heteroatoms. The Morgan fingerprint density at radius 2 is 1.88 bits per heavy atom. The number of carboxylic acids is 1. The van der Waals surface area contributed by atoms with Gasteiger partial charge in [-0.25, -0.2) is 4.79 Å². The fraction of sp³-hybridized carbons (Fsp3) is 0.333. The summed E-state index contributed by atoms with van der Waals surface area (Å²) in [5.74, 6) is -0.933. The first kappa shape index (κ1) is 11.4. The fourth-order valence-electron chi connectivity index (χ4n) is 1.59. The molecule has 90 valence electrons. The van der Waals surface area contributed by atoms with E-state index < -0.39 is 18.0 Å². The molecule has 1 fully saturated rings. The zero-order chi connectivity index (χ0) is 12.4. The molecule has 1 aliphatic rings. The Morgan fingerprint density at radius 3 is 2.29 bits per heavy atom. The lowest BCUT2D eigenvalue weighted by Crippen LogP contribution is -2.29. The van der Waals surface area contributed by atoms with E-state index in [1.165, 1.54) is 12.1 Å². The maximum absolute atomic E-state index is 11.0. The lowest BCUT2D eigenvalue weighted by Gasteiger charge is -2.14. The van der Waals surface area contributed by atoms with E-state index in [1.54, 1.807) is 12.1 Å². The molecule has 1 atom stereocenters. The number of amides is 1. The van der Waals surface area contributed by atoms with E-state index in [4.69, 9.17) is 15.6 Å². The van der Waals surface area contributed by atoms with E-state index in [-0.39, 0.29) is 5.92 Å². The summed E-state index contributed by atoms with van der Waals surface area (Å²) in [7, 11) is 0. The van der Waals surface area contributed by atoms with Crippen LogP contribution in [0.15, 0.2) is 24.3 Å². The van der Waals surface area contributed by atoms with Crippen molar-refractivity contribution in [3.8, 4) is 5.75 Å². The van der Waals surface area contributed by atoms with Gasteiger partial charge in [-0.3, -0.25) is 4.79 Å². The van der Waals surface area contributed by atoms with Gasteiger partial charge < -0.3 is 15.6 Å². The molecule has 0 aliphatic heterocycles. The van der Waals surface area contributed by atoms with Gasteiger partial charge in [0.15, 0.2) is 6.10 Å². The molecule has 1 aromatic carbocycles. The van der Waals surface area contributed by atoms with Gasteiger partial charge in [-0.1, -0.05) is 0 Å². The van der Waals surface area contributed by atoms with Crippen LogP contribution in [0.5, 0.6) is 5.75 Å². The van der Waals surface area contributed by atoms with E-state index >= 15 is 0 Å². The van der Waals surface area contributed by atoms with Gasteiger partial charge in [-0.15, -0.1) is 0 Å². The standard InChI is InChI=1S/C12H13NO4/c13-11(14)8-3-5-9(6-4-8)17-10(12(15)16)7-1-2-7/h3-7,10H,1-2H2,(H2,13,14)(H,15,16). The molecular formula is C12H13NO4. The molecule has 3 N–H and O–H groups in total. The Bertz CT molecular complexity index is 436. The zero-order valence-corrected chi connectivity index (χ0v) is 9.13. The Kier molecular flexibility index (Phi) is 2.99. The number of nitrogens with two attached hydrogens (primary N) is 1. The van der Waals surface area contributed by atoms with Crippen molar-refractivity contribution in [1.82, 2.24) is 0 Å². The van der Waals surface area contributed by atoms with Crippen LogP contribution in [0.25, 0.3) is 0 Å². The van der Waals surface area contributed by atoms with Crippen molar-refractivity contribution >= 4 is 11.9 Å². The van der Waals surface area contributed by atoms with Gasteiger partial charge in [-0.05, 0) is 37.1 Å². The van der Waals surface area contributed by atoms with Crippen LogP contribution in [0.4, 0.5) is 0 Å². The molecule has 1 unspecified atom stereocenters. The maximum atomic E-state index is 11.0. The van der Waals surface area contributed by atoms with Crippen LogP contribution in [-0.2, 0) is 4.79 Å². The predicted molar refractivity (Wildman–Crippen MR) is 59.7 cm³/mol. The second kappa shape index (κ2) is 4.45. The SMILES string of the molecule is NC(=O)c1ccc(OC(C(=O)O)C2CC2)cc1. The van der Waals surface area contributed by atoms with E-state index in [2.05, 4.69) is 0 Å². The highest BCUT2D eigenvalue weighted by atomic mass is 16.5. The van der Waals surface area contributed by atoms with Crippen molar-refractivity contribution in [2.24, 2.45) is 11.7 Å². The number of ether oxygens (including phenoxy) is 1. The Labute approximate surface area is 98.2 Å². The van der Waals surface area contributed by atoms with E-state index in [0.717, 1.165) is 12.8 Å². The summed E-state index contributed by atoms with van der Waals surface area (Å²) < 4.78 is 5.38. The van der Waals surface area contributed by atoms with E-state index in [0.29, 0.717) is 11.3 Å². The van der Waals surface area contributed by atoms with E-state index in [9.17, 15) is 9.59 Å². The second-order valence-electron chi connectivity index (χ2n) is 4.10. The minimum Gasteiger partial charge on any atom is -0.478 e. The average Bonchev–Trinajstić information content (AvgIpc) is 3.10. The third kappa shape index (κ3) is 2.75. The molecule has 2 rings (SSSR count). The summed E-state index contributed by atoms with van der Waals surface area (Å²) in [6, 6.07) is 6.14. The summed E-state index contributed by atoms with van der Waals surface area (Å²) in [4.78, 5) is 21.8. The molecule has 17 heavy (non-hydrogen) atoms. The lowest BCUT2D eigenvalue weighted by molar-refractivity contribution is -0.146. The third-order valence-electron chi connectivity index (χ3n) is 2.70. The van der Waals surface area contributed by atoms with Gasteiger partial charge >= 0.3 is 5.97 Å². The van der Waals surface area contributed by atoms with Crippen LogP contribution in [-0.4, -0.2) is 23.1 Å². The molecule has 0 saturated heterocycles. The van der Waals surface area contributed by atoms with Crippen LogP contribution in [0.2, 0.25) is 0 Å². The molecule has 0 aromatic heterocycles. The zero-order valence-electron chi connectivity index (χ0n) is 9.13. The molecule has 1 amide bonds. The fourth-order valence-corrected chi connectivity index (χ4v) is 1.59. The summed E-state index contributed by atoms with van der Waals surface area (Å²) in [5.41, 5.74) is 5.47. The highest BCUT2D eigenvalue weighted by molar-refractivity contribution is 5.92. The van der Waals surface area contributed by atoms with Crippen molar-refractivity contribution in [2.45, 2.75) is 18.9 Å². The van der Waals surface area contributed by atoms with Crippen LogP contribution in [0.1, 0.15) is 23.2 Å². The number of hydrogen-bond donors (Lipinski definition) is 2. The number of carbonyl (C=O) groups excluding carboxylic acids is 1. The highest BCUT2D eigenvalue weighted by Crippen LogP contribution is 2.35. The van der Waals surface area contributed by atoms with Crippen molar-refractivity contribution in [3.05, 3.63) is 29.8 Å². The second-order valence-corrected chi connectivity index (χ2v) is 4.10. The van der Waals surface area contributed by atoms with Crippen LogP contribution < -0.4 is 10.5 Å². The van der Waals surface area contributed by atoms with Crippen molar-refractivity contribution < 1.29 is 19.4 Å². The Hall–Kier alpha value is -2.04. The summed E-state index contributed by atoms with van der Waals surface area (Å²) >= 11 is 0. The number of carbonyl (C=O) groups is 2. The maximum Gasteiger partial charge on any atom is 0.345 e. The third-order valence-corrected chi connectivity index (χ3v) is 2.70. The summed E-state index contributed by atoms with van der Waals surface area (Å²) in [6.07, 6.45) is 0.974. The van der Waals surface area contributed by atoms with Crippen molar-refractivity contribution in [1.29, 1.82) is 0 Å². The Balaban J connectivity index is 2.07. The van der Waals surface area contributed by atoms with Crippen LogP contribution >= 0.6 is 0 Å². The van der Waals surface area contributed by atoms with Gasteiger partial charge in [0, 0.05) is 11.5 Å². The van der Waals surface area contributed by atoms with E-state index in [1.807, 2.05) is 0 Å². The van der Waals surface area contributed by atoms with Crippen LogP contribution in [0.3, 0.4) is 0 Å². The van der Waals surface area contributed by atoms with Gasteiger partial charge in [0.2, 0.25) is 5.91 Å². The number of hydrogen-bond acceptors (Lipinski definition) is 3. The molecule has 1 aliphatic carbocycles. The first-order valence-corrected chi connectivity index (χ1v) is 5.37. The highest BCUT2D eigenvalue weighted by Gasteiger charge is 2.38. The number of carboxylic acid groups (broad SMARTS) is 1. The summed E-state index contributed by atoms with van der Waals surface area (Å²) in [6.45, 7) is 0. The molecule has 0 bridgehead atoms.